The second-order valence-corrected chi connectivity index (χ2v) is 8.15. The van der Waals surface area contributed by atoms with E-state index in [0.29, 0.717) is 0 Å². The Morgan fingerprint density at radius 2 is 1.83 bits per heavy atom. The fourth-order valence-corrected chi connectivity index (χ4v) is 4.47. The van der Waals surface area contributed by atoms with Gasteiger partial charge in [0.2, 0.25) is 0 Å². The average Bonchev–Trinajstić information content (AvgIpc) is 3.44. The molecule has 0 fully saturated rings. The average molecular weight is 408 g/mol. The number of rotatable bonds is 3. The van der Waals surface area contributed by atoms with Crippen molar-refractivity contribution < 1.29 is 0 Å². The molecule has 0 spiro atoms. The summed E-state index contributed by atoms with van der Waals surface area (Å²) in [4.78, 5) is 8.76. The van der Waals surface area contributed by atoms with Gasteiger partial charge in [-0.05, 0) is 48.0 Å². The van der Waals surface area contributed by atoms with Gasteiger partial charge in [0.05, 0.1) is 26.9 Å². The topological polar surface area (TPSA) is 68.9 Å². The Balaban J connectivity index is 1.45. The van der Waals surface area contributed by atoms with Gasteiger partial charge in [-0.25, -0.2) is 4.98 Å². The minimum absolute atomic E-state index is 0.0383. The summed E-state index contributed by atoms with van der Waals surface area (Å²) in [6.45, 7) is 2.13. The summed E-state index contributed by atoms with van der Waals surface area (Å²) in [6, 6.07) is 20.5. The van der Waals surface area contributed by atoms with Crippen LogP contribution in [0.4, 0.5) is 0 Å². The number of pyridine rings is 1. The van der Waals surface area contributed by atoms with Gasteiger partial charge in [-0.2, -0.15) is 9.61 Å². The molecular weight excluding hydrogens is 392 g/mol. The van der Waals surface area contributed by atoms with Crippen molar-refractivity contribution in [2.45, 2.75) is 12.8 Å². The number of aromatic nitrogens is 6. The fourth-order valence-electron chi connectivity index (χ4n) is 3.76. The molecule has 0 aliphatic heterocycles. The lowest BCUT2D eigenvalue weighted by Gasteiger charge is -2.11. The zero-order valence-corrected chi connectivity index (χ0v) is 16.9. The first kappa shape index (κ1) is 17.2. The van der Waals surface area contributed by atoms with Gasteiger partial charge in [-0.1, -0.05) is 25.1 Å². The number of hydrogen-bond donors (Lipinski definition) is 0. The van der Waals surface area contributed by atoms with Crippen LogP contribution in [0, 0.1) is 0 Å². The van der Waals surface area contributed by atoms with Crippen molar-refractivity contribution in [3.05, 3.63) is 83.8 Å². The van der Waals surface area contributed by atoms with E-state index in [0.717, 1.165) is 49.4 Å². The number of benzene rings is 2. The molecule has 6 nitrogen and oxygen atoms in total. The van der Waals surface area contributed by atoms with Gasteiger partial charge in [-0.3, -0.25) is 4.98 Å². The Morgan fingerprint density at radius 1 is 0.900 bits per heavy atom. The van der Waals surface area contributed by atoms with Crippen LogP contribution in [0.5, 0.6) is 0 Å². The van der Waals surface area contributed by atoms with Gasteiger partial charge in [0.1, 0.15) is 0 Å². The van der Waals surface area contributed by atoms with Gasteiger partial charge in [0.15, 0.2) is 11.5 Å². The molecule has 30 heavy (non-hydrogen) atoms. The van der Waals surface area contributed by atoms with Crippen molar-refractivity contribution >= 4 is 38.1 Å². The quantitative estimate of drug-likeness (QED) is 0.407. The highest BCUT2D eigenvalue weighted by atomic mass is 32.1. The van der Waals surface area contributed by atoms with Crippen LogP contribution in [0.15, 0.2) is 72.4 Å². The van der Waals surface area contributed by atoms with Crippen molar-refractivity contribution in [3.63, 3.8) is 0 Å². The molecule has 0 saturated carbocycles. The molecule has 0 unspecified atom stereocenters. The standard InChI is InChI=1S/C23H16N6S/c1-14(15-4-6-18-16(11-15)3-2-10-24-18)23-27-26-22-9-8-19(28-29(22)23)17-5-7-20-21(12-17)30-13-25-20/h2-14H,1H3/t14-/m0/s1. The van der Waals surface area contributed by atoms with E-state index in [1.807, 2.05) is 46.6 Å². The molecular formula is C23H16N6S. The van der Waals surface area contributed by atoms with Crippen LogP contribution >= 0.6 is 11.3 Å². The minimum Gasteiger partial charge on any atom is -0.256 e. The largest absolute Gasteiger partial charge is 0.256 e. The van der Waals surface area contributed by atoms with Crippen molar-refractivity contribution in [2.24, 2.45) is 0 Å². The third-order valence-electron chi connectivity index (χ3n) is 5.43. The smallest absolute Gasteiger partial charge is 0.177 e. The summed E-state index contributed by atoms with van der Waals surface area (Å²) in [5.41, 5.74) is 7.69. The van der Waals surface area contributed by atoms with Crippen LogP contribution in [0.25, 0.3) is 38.0 Å². The van der Waals surface area contributed by atoms with Crippen LogP contribution in [0.3, 0.4) is 0 Å². The fraction of sp³-hybridized carbons (Fsp3) is 0.0870. The Bertz CT molecular complexity index is 1530. The molecule has 0 amide bonds. The summed E-state index contributed by atoms with van der Waals surface area (Å²) < 4.78 is 3.00. The van der Waals surface area contributed by atoms with Gasteiger partial charge in [0, 0.05) is 23.1 Å². The highest BCUT2D eigenvalue weighted by Crippen LogP contribution is 2.28. The summed E-state index contributed by atoms with van der Waals surface area (Å²) >= 11 is 1.63. The van der Waals surface area contributed by atoms with E-state index in [-0.39, 0.29) is 5.92 Å². The summed E-state index contributed by atoms with van der Waals surface area (Å²) in [7, 11) is 0. The van der Waals surface area contributed by atoms with E-state index in [1.54, 1.807) is 11.3 Å². The minimum atomic E-state index is 0.0383. The lowest BCUT2D eigenvalue weighted by molar-refractivity contribution is 0.753. The van der Waals surface area contributed by atoms with Gasteiger partial charge in [-0.15, -0.1) is 21.5 Å². The summed E-state index contributed by atoms with van der Waals surface area (Å²) in [5.74, 6) is 0.852. The molecule has 0 saturated heterocycles. The maximum atomic E-state index is 4.87. The molecule has 0 radical (unpaired) electrons. The van der Waals surface area contributed by atoms with Crippen LogP contribution in [0.2, 0.25) is 0 Å². The predicted octanol–water partition coefficient (Wildman–Crippen LogP) is 5.10. The van der Waals surface area contributed by atoms with Gasteiger partial charge >= 0.3 is 0 Å². The Morgan fingerprint density at radius 3 is 2.80 bits per heavy atom. The lowest BCUT2D eigenvalue weighted by atomic mass is 9.98. The molecule has 0 N–H and O–H groups in total. The van der Waals surface area contributed by atoms with Crippen LogP contribution in [-0.2, 0) is 0 Å². The maximum Gasteiger partial charge on any atom is 0.177 e. The number of nitrogens with zero attached hydrogens (tertiary/aromatic N) is 6. The predicted molar refractivity (Wildman–Crippen MR) is 119 cm³/mol. The molecule has 4 heterocycles. The zero-order chi connectivity index (χ0) is 20.1. The molecule has 4 aromatic heterocycles. The van der Waals surface area contributed by atoms with Gasteiger partial charge in [0.25, 0.3) is 0 Å². The maximum absolute atomic E-state index is 4.87. The van der Waals surface area contributed by atoms with E-state index in [1.165, 1.54) is 0 Å². The van der Waals surface area contributed by atoms with Crippen molar-refractivity contribution in [1.82, 2.24) is 29.8 Å². The summed E-state index contributed by atoms with van der Waals surface area (Å²) in [5, 5.41) is 14.8. The van der Waals surface area contributed by atoms with Crippen molar-refractivity contribution in [2.75, 3.05) is 0 Å². The first-order chi connectivity index (χ1) is 14.8. The monoisotopic (exact) mass is 408 g/mol. The van der Waals surface area contributed by atoms with Crippen LogP contribution in [0.1, 0.15) is 24.2 Å². The molecule has 6 aromatic rings. The normalized spacial score (nSPS) is 12.7. The number of hydrogen-bond acceptors (Lipinski definition) is 6. The van der Waals surface area contributed by atoms with Crippen molar-refractivity contribution in [3.8, 4) is 11.3 Å². The lowest BCUT2D eigenvalue weighted by Crippen LogP contribution is -2.05. The van der Waals surface area contributed by atoms with E-state index < -0.39 is 0 Å². The van der Waals surface area contributed by atoms with E-state index in [2.05, 4.69) is 57.4 Å². The molecule has 2 aromatic carbocycles. The third-order valence-corrected chi connectivity index (χ3v) is 6.22. The zero-order valence-electron chi connectivity index (χ0n) is 16.1. The third kappa shape index (κ3) is 2.74. The highest BCUT2D eigenvalue weighted by Gasteiger charge is 2.18. The van der Waals surface area contributed by atoms with E-state index >= 15 is 0 Å². The van der Waals surface area contributed by atoms with Crippen molar-refractivity contribution in [1.29, 1.82) is 0 Å². The van der Waals surface area contributed by atoms with Gasteiger partial charge < -0.3 is 0 Å². The molecule has 144 valence electrons. The molecule has 1 atom stereocenters. The SMILES string of the molecule is C[C@@H](c1ccc2ncccc2c1)c1nnc2ccc(-c3ccc4ncsc4c3)nn12. The number of thiazole rings is 1. The molecule has 0 aliphatic rings. The second-order valence-electron chi connectivity index (χ2n) is 7.26. The molecule has 0 bridgehead atoms. The highest BCUT2D eigenvalue weighted by molar-refractivity contribution is 7.16. The molecule has 0 aliphatic carbocycles. The van der Waals surface area contributed by atoms with E-state index in [4.69, 9.17) is 5.10 Å². The molecule has 6 rings (SSSR count). The van der Waals surface area contributed by atoms with Crippen LogP contribution in [-0.4, -0.2) is 29.8 Å². The summed E-state index contributed by atoms with van der Waals surface area (Å²) in [6.07, 6.45) is 1.81. The van der Waals surface area contributed by atoms with Crippen LogP contribution < -0.4 is 0 Å². The second kappa shape index (κ2) is 6.67. The number of fused-ring (bicyclic) bond motifs is 3. The molecule has 7 heteroatoms. The first-order valence-corrected chi connectivity index (χ1v) is 10.5. The first-order valence-electron chi connectivity index (χ1n) is 9.67. The van der Waals surface area contributed by atoms with E-state index in [9.17, 15) is 0 Å². The Labute approximate surface area is 175 Å². The Kier molecular flexibility index (Phi) is 3.82. The Hall–Kier alpha value is -3.71.